The highest BCUT2D eigenvalue weighted by Crippen LogP contribution is 2.33. The molecule has 0 spiro atoms. The van der Waals surface area contributed by atoms with Gasteiger partial charge >= 0.3 is 6.18 Å². The van der Waals surface area contributed by atoms with Crippen LogP contribution in [0, 0.1) is 0 Å². The lowest BCUT2D eigenvalue weighted by Gasteiger charge is -2.16. The lowest BCUT2D eigenvalue weighted by molar-refractivity contribution is -0.149. The Hall–Kier alpha value is -0.650. The fourth-order valence-electron chi connectivity index (χ4n) is 0.906. The molecule has 1 aromatic rings. The zero-order valence-corrected chi connectivity index (χ0v) is 8.83. The van der Waals surface area contributed by atoms with Crippen molar-refractivity contribution in [1.29, 1.82) is 0 Å². The molecule has 0 aromatic heterocycles. The highest BCUT2D eigenvalue weighted by molar-refractivity contribution is 6.32. The molecule has 86 valence electrons. The zero-order chi connectivity index (χ0) is 10.9. The van der Waals surface area contributed by atoms with Gasteiger partial charge in [-0.2, -0.15) is 13.2 Å². The average Bonchev–Trinajstić information content (AvgIpc) is 2.07. The Morgan fingerprint density at radius 2 is 1.87 bits per heavy atom. The Bertz CT molecular complexity index is 343. The third-order valence-corrected chi connectivity index (χ3v) is 1.99. The first-order chi connectivity index (χ1) is 6.32. The number of rotatable bonds is 1. The zero-order valence-electron chi connectivity index (χ0n) is 7.25. The predicted octanol–water partition coefficient (Wildman–Crippen LogP) is 3.03. The van der Waals surface area contributed by atoms with Crippen LogP contribution in [0.5, 0.6) is 5.75 Å². The fourth-order valence-corrected chi connectivity index (χ4v) is 1.09. The van der Waals surface area contributed by atoms with Crippen molar-refractivity contribution in [2.75, 3.05) is 0 Å². The van der Waals surface area contributed by atoms with Crippen LogP contribution in [-0.2, 0) is 0 Å². The summed E-state index contributed by atoms with van der Waals surface area (Å²) < 4.78 is 36.4. The Labute approximate surface area is 95.2 Å². The molecular weight excluding hydrogens is 254 g/mol. The van der Waals surface area contributed by atoms with Gasteiger partial charge < -0.3 is 10.8 Å². The molecule has 0 radical (unpaired) electrons. The monoisotopic (exact) mass is 261 g/mol. The van der Waals surface area contributed by atoms with Crippen LogP contribution in [0.2, 0.25) is 5.02 Å². The summed E-state index contributed by atoms with van der Waals surface area (Å²) in [5, 5.41) is 8.82. The van der Waals surface area contributed by atoms with E-state index in [2.05, 4.69) is 0 Å². The summed E-state index contributed by atoms with van der Waals surface area (Å²) in [5.74, 6) is -0.273. The van der Waals surface area contributed by atoms with Gasteiger partial charge in [-0.1, -0.05) is 17.7 Å². The number of alkyl halides is 3. The molecule has 0 fully saturated rings. The van der Waals surface area contributed by atoms with E-state index < -0.39 is 12.2 Å². The number of hydrogen-bond acceptors (Lipinski definition) is 2. The van der Waals surface area contributed by atoms with Crippen LogP contribution >= 0.6 is 24.0 Å². The van der Waals surface area contributed by atoms with Crippen LogP contribution < -0.4 is 5.73 Å². The van der Waals surface area contributed by atoms with E-state index in [9.17, 15) is 13.2 Å². The van der Waals surface area contributed by atoms with E-state index in [1.165, 1.54) is 0 Å². The molecule has 3 N–H and O–H groups in total. The van der Waals surface area contributed by atoms with Crippen molar-refractivity contribution in [2.45, 2.75) is 12.2 Å². The van der Waals surface area contributed by atoms with Gasteiger partial charge in [-0.15, -0.1) is 12.4 Å². The first kappa shape index (κ1) is 14.3. The maximum atomic E-state index is 12.1. The molecule has 15 heavy (non-hydrogen) atoms. The lowest BCUT2D eigenvalue weighted by atomic mass is 10.1. The second-order valence-electron chi connectivity index (χ2n) is 2.73. The molecule has 0 saturated carbocycles. The molecule has 0 unspecified atom stereocenters. The van der Waals surface area contributed by atoms with E-state index in [0.717, 1.165) is 18.2 Å². The first-order valence-electron chi connectivity index (χ1n) is 3.63. The second kappa shape index (κ2) is 4.92. The van der Waals surface area contributed by atoms with Crippen LogP contribution in [0.1, 0.15) is 11.6 Å². The van der Waals surface area contributed by atoms with E-state index >= 15 is 0 Å². The van der Waals surface area contributed by atoms with Gasteiger partial charge in [-0.3, -0.25) is 0 Å². The minimum absolute atomic E-state index is 0. The Kier molecular flexibility index (Phi) is 4.70. The van der Waals surface area contributed by atoms with Crippen molar-refractivity contribution in [2.24, 2.45) is 5.73 Å². The maximum absolute atomic E-state index is 12.1. The molecule has 0 aliphatic carbocycles. The molecular formula is C8H8Cl2F3NO. The van der Waals surface area contributed by atoms with Crippen molar-refractivity contribution in [3.05, 3.63) is 28.8 Å². The molecule has 0 heterocycles. The summed E-state index contributed by atoms with van der Waals surface area (Å²) in [6.45, 7) is 0. The number of phenols is 1. The summed E-state index contributed by atoms with van der Waals surface area (Å²) >= 11 is 5.44. The molecule has 2 nitrogen and oxygen atoms in total. The molecule has 1 aromatic carbocycles. The quantitative estimate of drug-likeness (QED) is 0.817. The van der Waals surface area contributed by atoms with Crippen LogP contribution in [0.3, 0.4) is 0 Å². The molecule has 1 rings (SSSR count). The normalized spacial score (nSPS) is 13.1. The summed E-state index contributed by atoms with van der Waals surface area (Å²) in [6.07, 6.45) is -4.51. The van der Waals surface area contributed by atoms with Gasteiger partial charge in [0.1, 0.15) is 11.8 Å². The van der Waals surface area contributed by atoms with Crippen LogP contribution in [-0.4, -0.2) is 11.3 Å². The minimum atomic E-state index is -4.51. The molecule has 0 saturated heterocycles. The highest BCUT2D eigenvalue weighted by Gasteiger charge is 2.37. The third-order valence-electron chi connectivity index (χ3n) is 1.68. The van der Waals surface area contributed by atoms with E-state index in [1.54, 1.807) is 0 Å². The number of halogens is 5. The van der Waals surface area contributed by atoms with Gasteiger partial charge in [-0.05, 0) is 17.7 Å². The van der Waals surface area contributed by atoms with E-state index in [0.29, 0.717) is 0 Å². The first-order valence-corrected chi connectivity index (χ1v) is 4.01. The molecule has 0 aliphatic heterocycles. The van der Waals surface area contributed by atoms with E-state index in [4.69, 9.17) is 22.4 Å². The molecule has 7 heteroatoms. The number of nitrogens with two attached hydrogens (primary N) is 1. The SMILES string of the molecule is Cl.N[C@H](c1ccc(O)c(Cl)c1)C(F)(F)F. The van der Waals surface area contributed by atoms with Crippen LogP contribution in [0.25, 0.3) is 0 Å². The lowest BCUT2D eigenvalue weighted by Crippen LogP contribution is -2.28. The Balaban J connectivity index is 0.00000196. The number of hydrogen-bond donors (Lipinski definition) is 2. The smallest absolute Gasteiger partial charge is 0.407 e. The number of phenolic OH excluding ortho intramolecular Hbond substituents is 1. The summed E-state index contributed by atoms with van der Waals surface area (Å²) in [4.78, 5) is 0. The van der Waals surface area contributed by atoms with Crippen molar-refractivity contribution in [3.63, 3.8) is 0 Å². The molecule has 0 aliphatic rings. The van der Waals surface area contributed by atoms with Gasteiger partial charge in [0.05, 0.1) is 5.02 Å². The van der Waals surface area contributed by atoms with Gasteiger partial charge in [0.2, 0.25) is 0 Å². The topological polar surface area (TPSA) is 46.2 Å². The predicted molar refractivity (Wildman–Crippen MR) is 53.3 cm³/mol. The van der Waals surface area contributed by atoms with Gasteiger partial charge in [-0.25, -0.2) is 0 Å². The third kappa shape index (κ3) is 3.44. The average molecular weight is 262 g/mol. The fraction of sp³-hybridized carbons (Fsp3) is 0.250. The van der Waals surface area contributed by atoms with Crippen LogP contribution in [0.4, 0.5) is 13.2 Å². The van der Waals surface area contributed by atoms with Crippen molar-refractivity contribution < 1.29 is 18.3 Å². The highest BCUT2D eigenvalue weighted by atomic mass is 35.5. The summed E-state index contributed by atoms with van der Waals surface area (Å²) in [5.41, 5.74) is 4.75. The van der Waals surface area contributed by atoms with Crippen molar-refractivity contribution in [3.8, 4) is 5.75 Å². The van der Waals surface area contributed by atoms with Gasteiger partial charge in [0.25, 0.3) is 0 Å². The van der Waals surface area contributed by atoms with E-state index in [1.807, 2.05) is 0 Å². The van der Waals surface area contributed by atoms with Gasteiger partial charge in [0, 0.05) is 0 Å². The molecule has 0 bridgehead atoms. The number of aromatic hydroxyl groups is 1. The minimum Gasteiger partial charge on any atom is -0.506 e. The van der Waals surface area contributed by atoms with Crippen LogP contribution in [0.15, 0.2) is 18.2 Å². The molecule has 0 amide bonds. The second-order valence-corrected chi connectivity index (χ2v) is 3.14. The van der Waals surface area contributed by atoms with Crippen molar-refractivity contribution >= 4 is 24.0 Å². The Morgan fingerprint density at radius 3 is 2.27 bits per heavy atom. The Morgan fingerprint density at radius 1 is 1.33 bits per heavy atom. The van der Waals surface area contributed by atoms with Crippen molar-refractivity contribution in [1.82, 2.24) is 0 Å². The largest absolute Gasteiger partial charge is 0.506 e. The van der Waals surface area contributed by atoms with E-state index in [-0.39, 0.29) is 28.7 Å². The molecule has 1 atom stereocenters. The maximum Gasteiger partial charge on any atom is 0.407 e. The standard InChI is InChI=1S/C8H7ClF3NO.ClH/c9-5-3-4(1-2-6(5)14)7(13)8(10,11)12;/h1-3,7,14H,13H2;1H/t7-;/m1./s1. The summed E-state index contributed by atoms with van der Waals surface area (Å²) in [6, 6.07) is 1.07. The van der Waals surface area contributed by atoms with Gasteiger partial charge in [0.15, 0.2) is 0 Å². The summed E-state index contributed by atoms with van der Waals surface area (Å²) in [7, 11) is 0. The number of benzene rings is 1.